The molecule has 0 unspecified atom stereocenters. The minimum atomic E-state index is -1.47. The number of nitrogens with zero attached hydrogens (tertiary/aromatic N) is 1. The average molecular weight is 386 g/mol. The quantitative estimate of drug-likeness (QED) is 0.353. The largest absolute Gasteiger partial charge is 0.478 e. The Hall–Kier alpha value is -3.41. The fraction of sp³-hybridized carbons (Fsp3) is 0.125. The van der Waals surface area contributed by atoms with Crippen LogP contribution in [0.5, 0.6) is 5.75 Å². The summed E-state index contributed by atoms with van der Waals surface area (Å²) in [4.78, 5) is 4.38. The first-order chi connectivity index (χ1) is 14.3. The number of aromatic nitrogens is 1. The van der Waals surface area contributed by atoms with Crippen LogP contribution < -0.4 is 10.1 Å². The van der Waals surface area contributed by atoms with Crippen LogP contribution >= 0.6 is 0 Å². The fourth-order valence-corrected chi connectivity index (χ4v) is 3.15. The van der Waals surface area contributed by atoms with Crippen LogP contribution in [0.15, 0.2) is 102 Å². The highest BCUT2D eigenvalue weighted by Gasteiger charge is 2.38. The number of para-hydroxylation sites is 1. The second-order valence-electron chi connectivity index (χ2n) is 6.60. The van der Waals surface area contributed by atoms with Crippen LogP contribution in [0, 0.1) is 0 Å². The zero-order valence-corrected chi connectivity index (χ0v) is 15.9. The van der Waals surface area contributed by atoms with E-state index in [4.69, 9.17) is 9.15 Å². The zero-order valence-electron chi connectivity index (χ0n) is 15.9. The summed E-state index contributed by atoms with van der Waals surface area (Å²) in [6, 6.07) is 28.4. The molecule has 0 saturated carbocycles. The van der Waals surface area contributed by atoms with Gasteiger partial charge in [-0.25, -0.2) is 4.98 Å². The molecule has 2 N–H and O–H groups in total. The topological polar surface area (TPSA) is 67.5 Å². The third kappa shape index (κ3) is 4.21. The summed E-state index contributed by atoms with van der Waals surface area (Å²) in [6.45, 7) is 0.765. The molecule has 5 heteroatoms. The Kier molecular flexibility index (Phi) is 5.70. The Morgan fingerprint density at radius 1 is 0.828 bits per heavy atom. The first-order valence-electron chi connectivity index (χ1n) is 9.44. The molecule has 4 rings (SSSR count). The highest BCUT2D eigenvalue weighted by atomic mass is 16.5. The van der Waals surface area contributed by atoms with Crippen molar-refractivity contribution in [3.8, 4) is 5.75 Å². The highest BCUT2D eigenvalue weighted by Crippen LogP contribution is 2.36. The maximum absolute atomic E-state index is 11.7. The molecule has 1 heterocycles. The molecule has 0 atom stereocenters. The number of nitrogens with one attached hydrogen (secondary N) is 1. The molecule has 0 saturated heterocycles. The normalized spacial score (nSPS) is 11.3. The summed E-state index contributed by atoms with van der Waals surface area (Å²) in [6.07, 6.45) is 1.63. The highest BCUT2D eigenvalue weighted by molar-refractivity contribution is 5.41. The third-order valence-electron chi connectivity index (χ3n) is 4.63. The predicted octanol–water partition coefficient (Wildman–Crippen LogP) is 4.08. The van der Waals surface area contributed by atoms with Crippen LogP contribution in [0.3, 0.4) is 0 Å². The van der Waals surface area contributed by atoms with Crippen molar-refractivity contribution >= 4 is 0 Å². The minimum absolute atomic E-state index is 0.232. The van der Waals surface area contributed by atoms with Gasteiger partial charge >= 0.3 is 0 Å². The average Bonchev–Trinajstić information content (AvgIpc) is 3.27. The summed E-state index contributed by atoms with van der Waals surface area (Å²) in [7, 11) is 0. The Balaban J connectivity index is 1.51. The molecule has 1 aromatic heterocycles. The number of ether oxygens (including phenoxy) is 1. The van der Waals surface area contributed by atoms with Gasteiger partial charge in [-0.3, -0.25) is 5.32 Å². The molecule has 146 valence electrons. The summed E-state index contributed by atoms with van der Waals surface area (Å²) in [5, 5.41) is 14.8. The van der Waals surface area contributed by atoms with Crippen LogP contribution in [-0.2, 0) is 12.1 Å². The van der Waals surface area contributed by atoms with E-state index >= 15 is 0 Å². The second kappa shape index (κ2) is 8.73. The van der Waals surface area contributed by atoms with Gasteiger partial charge in [-0.1, -0.05) is 78.9 Å². The maximum atomic E-state index is 11.7. The lowest BCUT2D eigenvalue weighted by Crippen LogP contribution is -2.29. The Morgan fingerprint density at radius 3 is 1.97 bits per heavy atom. The van der Waals surface area contributed by atoms with Crippen LogP contribution in [0.4, 0.5) is 0 Å². The Bertz CT molecular complexity index is 978. The summed E-state index contributed by atoms with van der Waals surface area (Å²) in [5.41, 5.74) is -0.0821. The number of oxazole rings is 1. The first kappa shape index (κ1) is 18.9. The van der Waals surface area contributed by atoms with E-state index in [-0.39, 0.29) is 5.89 Å². The molecule has 3 aromatic carbocycles. The fourth-order valence-electron chi connectivity index (χ4n) is 3.15. The molecule has 0 spiro atoms. The van der Waals surface area contributed by atoms with Crippen molar-refractivity contribution in [1.29, 1.82) is 0 Å². The second-order valence-corrected chi connectivity index (χ2v) is 6.60. The number of benzene rings is 3. The van der Waals surface area contributed by atoms with E-state index in [1.807, 2.05) is 91.0 Å². The van der Waals surface area contributed by atoms with Crippen molar-refractivity contribution in [1.82, 2.24) is 10.3 Å². The molecular formula is C24H22N2O3. The van der Waals surface area contributed by atoms with Crippen LogP contribution in [0.25, 0.3) is 0 Å². The lowest BCUT2D eigenvalue weighted by atomic mass is 9.86. The van der Waals surface area contributed by atoms with Gasteiger partial charge < -0.3 is 14.3 Å². The van der Waals surface area contributed by atoms with Gasteiger partial charge in [0, 0.05) is 0 Å². The molecule has 0 amide bonds. The van der Waals surface area contributed by atoms with E-state index < -0.39 is 5.60 Å². The zero-order chi connectivity index (χ0) is 19.9. The van der Waals surface area contributed by atoms with Gasteiger partial charge in [0.05, 0.1) is 12.7 Å². The summed E-state index contributed by atoms with van der Waals surface area (Å²) in [5.74, 6) is 1.64. The number of aliphatic hydroxyl groups is 1. The van der Waals surface area contributed by atoms with Crippen molar-refractivity contribution in [2.24, 2.45) is 0 Å². The van der Waals surface area contributed by atoms with E-state index in [1.54, 1.807) is 6.20 Å². The molecule has 0 aliphatic heterocycles. The van der Waals surface area contributed by atoms with Gasteiger partial charge in [0.25, 0.3) is 0 Å². The number of hydrogen-bond donors (Lipinski definition) is 2. The molecule has 5 nitrogen and oxygen atoms in total. The minimum Gasteiger partial charge on any atom is -0.478 e. The SMILES string of the molecule is OC(c1ccccc1)(c1ccccc1)c1ncc(CNCOc2ccccc2)o1. The van der Waals surface area contributed by atoms with Gasteiger partial charge in [0.15, 0.2) is 5.60 Å². The van der Waals surface area contributed by atoms with Crippen molar-refractivity contribution in [2.45, 2.75) is 12.1 Å². The van der Waals surface area contributed by atoms with Crippen molar-refractivity contribution < 1.29 is 14.3 Å². The maximum Gasteiger partial charge on any atom is 0.236 e. The third-order valence-corrected chi connectivity index (χ3v) is 4.63. The van der Waals surface area contributed by atoms with Crippen LogP contribution in [0.1, 0.15) is 22.8 Å². The Morgan fingerprint density at radius 2 is 1.38 bits per heavy atom. The van der Waals surface area contributed by atoms with E-state index in [0.29, 0.717) is 30.2 Å². The number of rotatable bonds is 8. The van der Waals surface area contributed by atoms with Gasteiger partial charge in [-0.2, -0.15) is 0 Å². The number of hydrogen-bond acceptors (Lipinski definition) is 5. The van der Waals surface area contributed by atoms with Crippen molar-refractivity contribution in [2.75, 3.05) is 6.73 Å². The first-order valence-corrected chi connectivity index (χ1v) is 9.44. The van der Waals surface area contributed by atoms with E-state index in [1.165, 1.54) is 0 Å². The van der Waals surface area contributed by atoms with Crippen LogP contribution in [-0.4, -0.2) is 16.8 Å². The van der Waals surface area contributed by atoms with Gasteiger partial charge in [0.2, 0.25) is 5.89 Å². The molecule has 4 aromatic rings. The van der Waals surface area contributed by atoms with Crippen LogP contribution in [0.2, 0.25) is 0 Å². The smallest absolute Gasteiger partial charge is 0.236 e. The summed E-state index contributed by atoms with van der Waals surface area (Å²) < 4.78 is 11.5. The van der Waals surface area contributed by atoms with Gasteiger partial charge in [0.1, 0.15) is 18.2 Å². The van der Waals surface area contributed by atoms with E-state index in [0.717, 1.165) is 5.75 Å². The predicted molar refractivity (Wildman–Crippen MR) is 110 cm³/mol. The molecule has 29 heavy (non-hydrogen) atoms. The van der Waals surface area contributed by atoms with Crippen molar-refractivity contribution in [3.05, 3.63) is 120 Å². The Labute approximate surface area is 169 Å². The lowest BCUT2D eigenvalue weighted by Gasteiger charge is -2.26. The van der Waals surface area contributed by atoms with Crippen molar-refractivity contribution in [3.63, 3.8) is 0 Å². The van der Waals surface area contributed by atoms with E-state index in [2.05, 4.69) is 10.3 Å². The standard InChI is InChI=1S/C24H22N2O3/c27-24(19-10-4-1-5-11-19,20-12-6-2-7-13-20)23-26-17-22(29-23)16-25-18-28-21-14-8-3-9-15-21/h1-15,17,25,27H,16,18H2. The lowest BCUT2D eigenvalue weighted by molar-refractivity contribution is 0.0910. The molecule has 0 radical (unpaired) electrons. The van der Waals surface area contributed by atoms with E-state index in [9.17, 15) is 5.11 Å². The molecule has 0 aliphatic rings. The molecule has 0 bridgehead atoms. The summed E-state index contributed by atoms with van der Waals surface area (Å²) >= 11 is 0. The monoisotopic (exact) mass is 386 g/mol. The molecule has 0 aliphatic carbocycles. The molecule has 0 fully saturated rings. The molecular weight excluding hydrogens is 364 g/mol. The van der Waals surface area contributed by atoms with Gasteiger partial charge in [-0.05, 0) is 23.3 Å². The van der Waals surface area contributed by atoms with Gasteiger partial charge in [-0.15, -0.1) is 0 Å².